The maximum Gasteiger partial charge on any atom is 0.263 e. The molecule has 0 saturated carbocycles. The third-order valence-electron chi connectivity index (χ3n) is 5.69. The topological polar surface area (TPSA) is 73.9 Å². The van der Waals surface area contributed by atoms with Crippen molar-refractivity contribution in [3.8, 4) is 11.5 Å². The molecule has 4 aromatic rings. The lowest BCUT2D eigenvalue weighted by molar-refractivity contribution is 0.393. The van der Waals surface area contributed by atoms with Gasteiger partial charge in [-0.05, 0) is 48.7 Å². The lowest BCUT2D eigenvalue weighted by Gasteiger charge is -2.17. The molecule has 1 aliphatic heterocycles. The highest BCUT2D eigenvalue weighted by Crippen LogP contribution is 2.27. The van der Waals surface area contributed by atoms with Crippen molar-refractivity contribution in [1.82, 2.24) is 19.2 Å². The van der Waals surface area contributed by atoms with Crippen LogP contribution in [-0.2, 0) is 6.54 Å². The van der Waals surface area contributed by atoms with Gasteiger partial charge in [0.25, 0.3) is 5.56 Å². The van der Waals surface area contributed by atoms with Crippen molar-refractivity contribution in [3.05, 3.63) is 56.8 Å². The van der Waals surface area contributed by atoms with Gasteiger partial charge in [-0.25, -0.2) is 4.40 Å². The van der Waals surface area contributed by atoms with E-state index in [4.69, 9.17) is 9.47 Å². The normalized spacial score (nSPS) is 14.0. The minimum absolute atomic E-state index is 0.119. The van der Waals surface area contributed by atoms with E-state index in [1.165, 1.54) is 0 Å². The molecule has 2 aromatic carbocycles. The Labute approximate surface area is 187 Å². The maximum absolute atomic E-state index is 13.5. The lowest BCUT2D eigenvalue weighted by Crippen LogP contribution is -2.26. The molecule has 0 atom stereocenters. The number of ether oxygens (including phenoxy) is 2. The maximum atomic E-state index is 13.5. The van der Waals surface area contributed by atoms with Crippen LogP contribution in [0.3, 0.4) is 0 Å². The second-order valence-electron chi connectivity index (χ2n) is 7.60. The molecular weight excluding hydrogens is 462 g/mol. The number of anilines is 1. The molecule has 0 amide bonds. The number of aromatic nitrogens is 4. The minimum atomic E-state index is -0.119. The monoisotopic (exact) mass is 483 g/mol. The molecule has 0 N–H and O–H groups in total. The summed E-state index contributed by atoms with van der Waals surface area (Å²) >= 11 is 3.50. The average Bonchev–Trinajstić information content (AvgIpc) is 3.46. The minimum Gasteiger partial charge on any atom is -0.497 e. The highest BCUT2D eigenvalue weighted by atomic mass is 79.9. The van der Waals surface area contributed by atoms with Crippen molar-refractivity contribution in [2.75, 3.05) is 32.2 Å². The summed E-state index contributed by atoms with van der Waals surface area (Å²) in [5, 5.41) is 9.53. The van der Waals surface area contributed by atoms with E-state index in [1.54, 1.807) is 18.8 Å². The number of nitrogens with zero attached hydrogens (tertiary/aromatic N) is 5. The van der Waals surface area contributed by atoms with Crippen LogP contribution in [0.2, 0.25) is 0 Å². The van der Waals surface area contributed by atoms with Gasteiger partial charge in [0, 0.05) is 23.6 Å². The van der Waals surface area contributed by atoms with Crippen molar-refractivity contribution in [1.29, 1.82) is 0 Å². The van der Waals surface area contributed by atoms with Gasteiger partial charge in [0.15, 0.2) is 0 Å². The van der Waals surface area contributed by atoms with Gasteiger partial charge in [-0.2, -0.15) is 0 Å². The van der Waals surface area contributed by atoms with E-state index >= 15 is 0 Å². The zero-order chi connectivity index (χ0) is 21.5. The lowest BCUT2D eigenvalue weighted by atomic mass is 10.2. The number of benzene rings is 2. The van der Waals surface area contributed by atoms with Crippen molar-refractivity contribution in [2.45, 2.75) is 19.4 Å². The third-order valence-corrected chi connectivity index (χ3v) is 6.18. The van der Waals surface area contributed by atoms with Crippen LogP contribution in [0, 0.1) is 0 Å². The average molecular weight is 484 g/mol. The van der Waals surface area contributed by atoms with Crippen LogP contribution in [0.4, 0.5) is 5.95 Å². The first-order chi connectivity index (χ1) is 15.1. The number of halogens is 1. The van der Waals surface area contributed by atoms with E-state index < -0.39 is 0 Å². The fourth-order valence-electron chi connectivity index (χ4n) is 4.17. The quantitative estimate of drug-likeness (QED) is 0.432. The van der Waals surface area contributed by atoms with Crippen molar-refractivity contribution in [2.24, 2.45) is 0 Å². The molecule has 9 heteroatoms. The summed E-state index contributed by atoms with van der Waals surface area (Å²) in [7, 11) is 3.22. The Hall–Kier alpha value is -3.07. The van der Waals surface area contributed by atoms with Crippen LogP contribution in [0.5, 0.6) is 11.5 Å². The van der Waals surface area contributed by atoms with Crippen LogP contribution >= 0.6 is 15.9 Å². The summed E-state index contributed by atoms with van der Waals surface area (Å²) in [5.41, 5.74) is 1.56. The summed E-state index contributed by atoms with van der Waals surface area (Å²) in [6, 6.07) is 11.3. The van der Waals surface area contributed by atoms with Crippen LogP contribution in [0.25, 0.3) is 16.7 Å². The Morgan fingerprint density at radius 3 is 2.39 bits per heavy atom. The first-order valence-corrected chi connectivity index (χ1v) is 10.9. The fourth-order valence-corrected chi connectivity index (χ4v) is 4.53. The molecule has 2 aromatic heterocycles. The SMILES string of the molecule is COc1cc(Cn2c(=O)c3cc(Br)ccc3n3c(N4CCCC4)nnc23)cc(OC)c1. The third kappa shape index (κ3) is 3.42. The molecule has 1 saturated heterocycles. The zero-order valence-electron chi connectivity index (χ0n) is 17.3. The number of hydrogen-bond acceptors (Lipinski definition) is 6. The predicted octanol–water partition coefficient (Wildman–Crippen LogP) is 3.47. The van der Waals surface area contributed by atoms with Crippen LogP contribution in [0.1, 0.15) is 18.4 Å². The van der Waals surface area contributed by atoms with Crippen molar-refractivity contribution < 1.29 is 9.47 Å². The molecule has 0 unspecified atom stereocenters. The summed E-state index contributed by atoms with van der Waals surface area (Å²) in [5.74, 6) is 2.63. The molecular formula is C22H22BrN5O3. The van der Waals surface area contributed by atoms with Gasteiger partial charge in [0.2, 0.25) is 11.7 Å². The highest BCUT2D eigenvalue weighted by molar-refractivity contribution is 9.10. The van der Waals surface area contributed by atoms with Crippen LogP contribution in [0.15, 0.2) is 45.7 Å². The number of methoxy groups -OCH3 is 2. The van der Waals surface area contributed by atoms with Crippen molar-refractivity contribution in [3.63, 3.8) is 0 Å². The predicted molar refractivity (Wildman–Crippen MR) is 123 cm³/mol. The number of rotatable bonds is 5. The van der Waals surface area contributed by atoms with E-state index in [0.717, 1.165) is 47.4 Å². The Bertz CT molecular complexity index is 1320. The van der Waals surface area contributed by atoms with Gasteiger partial charge in [-0.1, -0.05) is 15.9 Å². The van der Waals surface area contributed by atoms with E-state index in [1.807, 2.05) is 40.8 Å². The molecule has 5 rings (SSSR count). The molecule has 3 heterocycles. The fraction of sp³-hybridized carbons (Fsp3) is 0.318. The number of hydrogen-bond donors (Lipinski definition) is 0. The molecule has 0 radical (unpaired) electrons. The Balaban J connectivity index is 1.76. The zero-order valence-corrected chi connectivity index (χ0v) is 18.9. The molecule has 31 heavy (non-hydrogen) atoms. The van der Waals surface area contributed by atoms with E-state index in [2.05, 4.69) is 31.0 Å². The summed E-state index contributed by atoms with van der Waals surface area (Å²) in [6.45, 7) is 2.19. The first-order valence-electron chi connectivity index (χ1n) is 10.1. The van der Waals surface area contributed by atoms with E-state index in [9.17, 15) is 4.79 Å². The first kappa shape index (κ1) is 19.9. The Morgan fingerprint density at radius 2 is 1.71 bits per heavy atom. The van der Waals surface area contributed by atoms with E-state index in [0.29, 0.717) is 29.2 Å². The molecule has 0 bridgehead atoms. The largest absolute Gasteiger partial charge is 0.497 e. The Morgan fingerprint density at radius 1 is 1.00 bits per heavy atom. The molecule has 1 fully saturated rings. The second-order valence-corrected chi connectivity index (χ2v) is 8.52. The second kappa shape index (κ2) is 7.88. The summed E-state index contributed by atoms with van der Waals surface area (Å²) in [6.07, 6.45) is 2.25. The van der Waals surface area contributed by atoms with Gasteiger partial charge >= 0.3 is 0 Å². The Kier molecular flexibility index (Phi) is 5.05. The molecule has 8 nitrogen and oxygen atoms in total. The molecule has 1 aliphatic rings. The van der Waals surface area contributed by atoms with Crippen molar-refractivity contribution >= 4 is 38.6 Å². The van der Waals surface area contributed by atoms with Gasteiger partial charge in [-0.3, -0.25) is 9.36 Å². The smallest absolute Gasteiger partial charge is 0.263 e. The standard InChI is InChI=1S/C22H22BrN5O3/c1-30-16-9-14(10-17(12-16)31-2)13-27-20(29)18-11-15(23)5-6-19(18)28-21(24-25-22(27)28)26-7-3-4-8-26/h5-6,9-12H,3-4,7-8,13H2,1-2H3. The molecule has 0 spiro atoms. The van der Waals surface area contributed by atoms with Gasteiger partial charge in [0.1, 0.15) is 11.5 Å². The molecule has 160 valence electrons. The number of fused-ring (bicyclic) bond motifs is 3. The van der Waals surface area contributed by atoms with Crippen LogP contribution in [-0.4, -0.2) is 46.5 Å². The van der Waals surface area contributed by atoms with Crippen LogP contribution < -0.4 is 19.9 Å². The summed E-state index contributed by atoms with van der Waals surface area (Å²) < 4.78 is 15.3. The molecule has 0 aliphatic carbocycles. The summed E-state index contributed by atoms with van der Waals surface area (Å²) in [4.78, 5) is 15.8. The van der Waals surface area contributed by atoms with E-state index in [-0.39, 0.29) is 5.56 Å². The van der Waals surface area contributed by atoms with Gasteiger partial charge in [0.05, 0.1) is 31.7 Å². The van der Waals surface area contributed by atoms with Gasteiger partial charge < -0.3 is 14.4 Å². The van der Waals surface area contributed by atoms with Gasteiger partial charge in [-0.15, -0.1) is 10.2 Å². The highest BCUT2D eigenvalue weighted by Gasteiger charge is 2.23.